The first-order valence-corrected chi connectivity index (χ1v) is 7.39. The van der Waals surface area contributed by atoms with Crippen LogP contribution in [0, 0.1) is 5.41 Å². The maximum absolute atomic E-state index is 12.4. The predicted octanol–water partition coefficient (Wildman–Crippen LogP) is 3.25. The van der Waals surface area contributed by atoms with Gasteiger partial charge in [-0.1, -0.05) is 12.8 Å². The molecular weight excluding hydrogens is 292 g/mol. The lowest BCUT2D eigenvalue weighted by molar-refractivity contribution is 0.0773. The van der Waals surface area contributed by atoms with Gasteiger partial charge in [0.05, 0.1) is 0 Å². The Morgan fingerprint density at radius 3 is 2.83 bits per heavy atom. The van der Waals surface area contributed by atoms with E-state index in [1.165, 1.54) is 32.1 Å². The third-order valence-corrected chi connectivity index (χ3v) is 4.80. The second-order valence-corrected chi connectivity index (χ2v) is 6.36. The summed E-state index contributed by atoms with van der Waals surface area (Å²) in [5.74, 6) is 0.155. The standard InChI is InChI=1S/C14H17BrN2O/c15-12-9-11(3-7-16-12)13(18)17-8-6-14(10-17)4-1-2-5-14/h3,7,9H,1-2,4-6,8,10H2. The van der Waals surface area contributed by atoms with Crippen molar-refractivity contribution < 1.29 is 4.79 Å². The van der Waals surface area contributed by atoms with E-state index >= 15 is 0 Å². The van der Waals surface area contributed by atoms with Crippen LogP contribution in [-0.2, 0) is 0 Å². The van der Waals surface area contributed by atoms with Gasteiger partial charge in [-0.3, -0.25) is 4.79 Å². The molecule has 0 aromatic carbocycles. The van der Waals surface area contributed by atoms with Crippen LogP contribution in [-0.4, -0.2) is 28.9 Å². The number of hydrogen-bond acceptors (Lipinski definition) is 2. The maximum atomic E-state index is 12.4. The smallest absolute Gasteiger partial charge is 0.254 e. The minimum atomic E-state index is 0.155. The van der Waals surface area contributed by atoms with E-state index in [0.29, 0.717) is 5.41 Å². The fourth-order valence-electron chi connectivity index (χ4n) is 3.36. The Kier molecular flexibility index (Phi) is 3.14. The molecule has 18 heavy (non-hydrogen) atoms. The summed E-state index contributed by atoms with van der Waals surface area (Å²) in [7, 11) is 0. The summed E-state index contributed by atoms with van der Waals surface area (Å²) in [4.78, 5) is 18.5. The zero-order chi connectivity index (χ0) is 12.6. The quantitative estimate of drug-likeness (QED) is 0.746. The molecule has 0 radical (unpaired) electrons. The highest BCUT2D eigenvalue weighted by atomic mass is 79.9. The SMILES string of the molecule is O=C(c1ccnc(Br)c1)N1CCC2(CCCC2)C1. The number of carbonyl (C=O) groups is 1. The molecule has 1 saturated carbocycles. The fourth-order valence-corrected chi connectivity index (χ4v) is 3.72. The van der Waals surface area contributed by atoms with Gasteiger partial charge in [-0.15, -0.1) is 0 Å². The summed E-state index contributed by atoms with van der Waals surface area (Å²) >= 11 is 3.32. The third kappa shape index (κ3) is 2.18. The molecule has 0 bridgehead atoms. The molecule has 0 unspecified atom stereocenters. The first-order chi connectivity index (χ1) is 8.69. The van der Waals surface area contributed by atoms with Crippen molar-refractivity contribution in [3.8, 4) is 0 Å². The van der Waals surface area contributed by atoms with Crippen LogP contribution < -0.4 is 0 Å². The van der Waals surface area contributed by atoms with E-state index in [-0.39, 0.29) is 5.91 Å². The number of amides is 1. The summed E-state index contributed by atoms with van der Waals surface area (Å²) < 4.78 is 0.725. The Balaban J connectivity index is 1.74. The molecule has 1 aliphatic carbocycles. The third-order valence-electron chi connectivity index (χ3n) is 4.36. The van der Waals surface area contributed by atoms with E-state index in [1.54, 1.807) is 12.3 Å². The summed E-state index contributed by atoms with van der Waals surface area (Å²) in [6, 6.07) is 3.61. The van der Waals surface area contributed by atoms with Gasteiger partial charge in [0.25, 0.3) is 5.91 Å². The number of rotatable bonds is 1. The summed E-state index contributed by atoms with van der Waals surface area (Å²) in [5, 5.41) is 0. The van der Waals surface area contributed by atoms with E-state index in [1.807, 2.05) is 11.0 Å². The molecule has 1 saturated heterocycles. The molecule has 3 rings (SSSR count). The Labute approximate surface area is 116 Å². The van der Waals surface area contributed by atoms with Crippen LogP contribution in [0.4, 0.5) is 0 Å². The number of aromatic nitrogens is 1. The predicted molar refractivity (Wildman–Crippen MR) is 73.4 cm³/mol. The number of pyridine rings is 1. The van der Waals surface area contributed by atoms with Crippen molar-refractivity contribution in [1.29, 1.82) is 0 Å². The Hall–Kier alpha value is -0.900. The first kappa shape index (κ1) is 12.2. The van der Waals surface area contributed by atoms with Crippen molar-refractivity contribution in [2.45, 2.75) is 32.1 Å². The van der Waals surface area contributed by atoms with Crippen molar-refractivity contribution in [3.63, 3.8) is 0 Å². The molecule has 1 aromatic heterocycles. The lowest BCUT2D eigenvalue weighted by atomic mass is 9.86. The minimum absolute atomic E-state index is 0.155. The van der Waals surface area contributed by atoms with Crippen LogP contribution >= 0.6 is 15.9 Å². The van der Waals surface area contributed by atoms with E-state index in [4.69, 9.17) is 0 Å². The highest BCUT2D eigenvalue weighted by molar-refractivity contribution is 9.10. The van der Waals surface area contributed by atoms with Gasteiger partial charge in [0.1, 0.15) is 4.60 Å². The van der Waals surface area contributed by atoms with Crippen molar-refractivity contribution in [2.75, 3.05) is 13.1 Å². The summed E-state index contributed by atoms with van der Waals surface area (Å²) in [6.45, 7) is 1.87. The molecule has 0 atom stereocenters. The second kappa shape index (κ2) is 4.65. The van der Waals surface area contributed by atoms with Crippen LogP contribution in [0.15, 0.2) is 22.9 Å². The monoisotopic (exact) mass is 308 g/mol. The van der Waals surface area contributed by atoms with Gasteiger partial charge >= 0.3 is 0 Å². The Bertz CT molecular complexity index is 469. The van der Waals surface area contributed by atoms with Gasteiger partial charge in [-0.05, 0) is 52.7 Å². The lowest BCUT2D eigenvalue weighted by Crippen LogP contribution is -2.31. The van der Waals surface area contributed by atoms with Crippen LogP contribution in [0.1, 0.15) is 42.5 Å². The van der Waals surface area contributed by atoms with Crippen molar-refractivity contribution in [3.05, 3.63) is 28.5 Å². The molecule has 4 heteroatoms. The van der Waals surface area contributed by atoms with Gasteiger partial charge in [0.2, 0.25) is 0 Å². The van der Waals surface area contributed by atoms with E-state index in [0.717, 1.165) is 23.3 Å². The molecule has 1 spiro atoms. The molecule has 96 valence electrons. The van der Waals surface area contributed by atoms with Crippen molar-refractivity contribution >= 4 is 21.8 Å². The highest BCUT2D eigenvalue weighted by Crippen LogP contribution is 2.45. The summed E-state index contributed by atoms with van der Waals surface area (Å²) in [6.07, 6.45) is 8.14. The van der Waals surface area contributed by atoms with E-state index in [9.17, 15) is 4.79 Å². The topological polar surface area (TPSA) is 33.2 Å². The van der Waals surface area contributed by atoms with Crippen LogP contribution in [0.5, 0.6) is 0 Å². The minimum Gasteiger partial charge on any atom is -0.338 e. The molecule has 2 fully saturated rings. The average Bonchev–Trinajstić information content (AvgIpc) is 3.00. The van der Waals surface area contributed by atoms with Gasteiger partial charge in [-0.2, -0.15) is 0 Å². The largest absolute Gasteiger partial charge is 0.338 e. The number of nitrogens with zero attached hydrogens (tertiary/aromatic N) is 2. The van der Waals surface area contributed by atoms with Crippen molar-refractivity contribution in [1.82, 2.24) is 9.88 Å². The second-order valence-electron chi connectivity index (χ2n) is 5.55. The molecule has 2 heterocycles. The van der Waals surface area contributed by atoms with Gasteiger partial charge in [0, 0.05) is 24.8 Å². The molecule has 1 aromatic rings. The fraction of sp³-hybridized carbons (Fsp3) is 0.571. The van der Waals surface area contributed by atoms with Crippen LogP contribution in [0.3, 0.4) is 0 Å². The lowest BCUT2D eigenvalue weighted by Gasteiger charge is -2.23. The molecule has 0 N–H and O–H groups in total. The Morgan fingerprint density at radius 2 is 2.11 bits per heavy atom. The normalized spacial score (nSPS) is 21.7. The molecule has 2 aliphatic rings. The zero-order valence-electron chi connectivity index (χ0n) is 10.4. The number of hydrogen-bond donors (Lipinski definition) is 0. The molecule has 1 amide bonds. The zero-order valence-corrected chi connectivity index (χ0v) is 11.9. The highest BCUT2D eigenvalue weighted by Gasteiger charge is 2.41. The maximum Gasteiger partial charge on any atom is 0.254 e. The number of halogens is 1. The molecular formula is C14H17BrN2O. The van der Waals surface area contributed by atoms with Crippen LogP contribution in [0.25, 0.3) is 0 Å². The van der Waals surface area contributed by atoms with Crippen molar-refractivity contribution in [2.24, 2.45) is 5.41 Å². The van der Waals surface area contributed by atoms with E-state index in [2.05, 4.69) is 20.9 Å². The molecule has 1 aliphatic heterocycles. The van der Waals surface area contributed by atoms with Crippen LogP contribution in [0.2, 0.25) is 0 Å². The Morgan fingerprint density at radius 1 is 1.33 bits per heavy atom. The number of likely N-dealkylation sites (tertiary alicyclic amines) is 1. The molecule has 3 nitrogen and oxygen atoms in total. The average molecular weight is 309 g/mol. The number of carbonyl (C=O) groups excluding carboxylic acids is 1. The van der Waals surface area contributed by atoms with E-state index < -0.39 is 0 Å². The van der Waals surface area contributed by atoms with Gasteiger partial charge in [-0.25, -0.2) is 4.98 Å². The first-order valence-electron chi connectivity index (χ1n) is 6.59. The van der Waals surface area contributed by atoms with Gasteiger partial charge < -0.3 is 4.90 Å². The van der Waals surface area contributed by atoms with Gasteiger partial charge in [0.15, 0.2) is 0 Å². The summed E-state index contributed by atoms with van der Waals surface area (Å²) in [5.41, 5.74) is 1.19.